The van der Waals surface area contributed by atoms with Crippen LogP contribution in [0, 0.1) is 5.82 Å². The third-order valence-electron chi connectivity index (χ3n) is 5.23. The minimum Gasteiger partial charge on any atom is -0.496 e. The number of benzene rings is 3. The monoisotopic (exact) mass is 439 g/mol. The van der Waals surface area contributed by atoms with Crippen molar-refractivity contribution < 1.29 is 23.8 Å². The fourth-order valence-corrected chi connectivity index (χ4v) is 4.09. The van der Waals surface area contributed by atoms with Gasteiger partial charge in [-0.2, -0.15) is 0 Å². The van der Waals surface area contributed by atoms with Gasteiger partial charge in [-0.1, -0.05) is 41.9 Å². The number of nitrogens with zero attached hydrogens (tertiary/aromatic N) is 1. The zero-order chi connectivity index (χ0) is 22.1. The fraction of sp³-hybridized carbons (Fsp3) is 0.167. The van der Waals surface area contributed by atoms with Gasteiger partial charge in [0, 0.05) is 28.1 Å². The molecular formula is C24H19ClFNO4. The first kappa shape index (κ1) is 21.0. The predicted octanol–water partition coefficient (Wildman–Crippen LogP) is 4.35. The maximum Gasteiger partial charge on any atom is 0.261 e. The minimum absolute atomic E-state index is 0.0220. The lowest BCUT2D eigenvalue weighted by atomic mass is 9.97. The lowest BCUT2D eigenvalue weighted by molar-refractivity contribution is 0.0543. The predicted molar refractivity (Wildman–Crippen MR) is 115 cm³/mol. The van der Waals surface area contributed by atoms with E-state index in [4.69, 9.17) is 16.3 Å². The number of halogens is 2. The number of carbonyl (C=O) groups excluding carboxylic acids is 2. The van der Waals surface area contributed by atoms with Crippen molar-refractivity contribution in [3.63, 3.8) is 0 Å². The molecule has 1 aliphatic rings. The quantitative estimate of drug-likeness (QED) is 0.580. The molecule has 0 radical (unpaired) electrons. The second kappa shape index (κ2) is 8.49. The van der Waals surface area contributed by atoms with Crippen LogP contribution in [-0.4, -0.2) is 41.6 Å². The van der Waals surface area contributed by atoms with E-state index in [9.17, 15) is 19.1 Å². The van der Waals surface area contributed by atoms with E-state index in [0.29, 0.717) is 38.6 Å². The van der Waals surface area contributed by atoms with Gasteiger partial charge in [0.05, 0.1) is 30.9 Å². The summed E-state index contributed by atoms with van der Waals surface area (Å²) in [5.74, 6) is -1.06. The summed E-state index contributed by atoms with van der Waals surface area (Å²) >= 11 is 6.28. The van der Waals surface area contributed by atoms with Crippen molar-refractivity contribution in [2.24, 2.45) is 0 Å². The SMILES string of the molecule is COc1c(CC(O)CN2C(=O)c3ccccc3C2=O)cc(F)cc1-c1ccccc1Cl. The Morgan fingerprint density at radius 2 is 1.55 bits per heavy atom. The maximum absolute atomic E-state index is 14.4. The molecule has 0 aromatic heterocycles. The maximum atomic E-state index is 14.4. The normalized spacial score (nSPS) is 14.0. The van der Waals surface area contributed by atoms with Crippen LogP contribution in [0.1, 0.15) is 26.3 Å². The lowest BCUT2D eigenvalue weighted by Gasteiger charge is -2.21. The summed E-state index contributed by atoms with van der Waals surface area (Å²) in [6.07, 6.45) is -1.14. The molecule has 0 aliphatic carbocycles. The second-order valence-corrected chi connectivity index (χ2v) is 7.66. The molecule has 1 heterocycles. The molecule has 31 heavy (non-hydrogen) atoms. The van der Waals surface area contributed by atoms with Gasteiger partial charge >= 0.3 is 0 Å². The number of fused-ring (bicyclic) bond motifs is 1. The highest BCUT2D eigenvalue weighted by atomic mass is 35.5. The first-order chi connectivity index (χ1) is 14.9. The van der Waals surface area contributed by atoms with E-state index in [1.54, 1.807) is 48.5 Å². The Hall–Kier alpha value is -3.22. The standard InChI is InChI=1S/C24H19ClFNO4/c1-31-22-14(10-15(26)12-20(22)17-6-4-5-9-21(17)25)11-16(28)13-27-23(29)18-7-2-3-8-19(18)24(27)30/h2-10,12,16,28H,11,13H2,1H3. The molecule has 5 nitrogen and oxygen atoms in total. The second-order valence-electron chi connectivity index (χ2n) is 7.25. The Labute approximate surface area is 183 Å². The number of imide groups is 1. The van der Waals surface area contributed by atoms with E-state index >= 15 is 0 Å². The van der Waals surface area contributed by atoms with Crippen LogP contribution in [0.15, 0.2) is 60.7 Å². The molecule has 1 aliphatic heterocycles. The molecule has 3 aromatic carbocycles. The van der Waals surface area contributed by atoms with Crippen LogP contribution in [0.5, 0.6) is 5.75 Å². The van der Waals surface area contributed by atoms with E-state index in [-0.39, 0.29) is 13.0 Å². The van der Waals surface area contributed by atoms with Crippen molar-refractivity contribution in [3.05, 3.63) is 88.2 Å². The molecule has 1 atom stereocenters. The average Bonchev–Trinajstić information content (AvgIpc) is 2.99. The highest BCUT2D eigenvalue weighted by Crippen LogP contribution is 2.38. The number of aliphatic hydroxyl groups is 1. The molecule has 1 N–H and O–H groups in total. The smallest absolute Gasteiger partial charge is 0.261 e. The van der Waals surface area contributed by atoms with Crippen LogP contribution in [0.25, 0.3) is 11.1 Å². The van der Waals surface area contributed by atoms with Crippen molar-refractivity contribution in [3.8, 4) is 16.9 Å². The molecule has 0 saturated heterocycles. The third kappa shape index (κ3) is 3.92. The number of carbonyl (C=O) groups is 2. The van der Waals surface area contributed by atoms with E-state index in [0.717, 1.165) is 4.90 Å². The van der Waals surface area contributed by atoms with Gasteiger partial charge in [0.15, 0.2) is 0 Å². The van der Waals surface area contributed by atoms with Crippen LogP contribution >= 0.6 is 11.6 Å². The molecular weight excluding hydrogens is 421 g/mol. The summed E-state index contributed by atoms with van der Waals surface area (Å²) in [7, 11) is 1.45. The number of hydrogen-bond acceptors (Lipinski definition) is 4. The van der Waals surface area contributed by atoms with Crippen LogP contribution in [0.3, 0.4) is 0 Å². The molecule has 0 fully saturated rings. The number of ether oxygens (including phenoxy) is 1. The molecule has 0 saturated carbocycles. The summed E-state index contributed by atoms with van der Waals surface area (Å²) in [5.41, 5.74) is 2.07. The first-order valence-electron chi connectivity index (χ1n) is 9.65. The topological polar surface area (TPSA) is 66.8 Å². The number of amides is 2. The number of aliphatic hydroxyl groups excluding tert-OH is 1. The zero-order valence-electron chi connectivity index (χ0n) is 16.6. The van der Waals surface area contributed by atoms with E-state index < -0.39 is 23.7 Å². The summed E-state index contributed by atoms with van der Waals surface area (Å²) in [4.78, 5) is 26.1. The van der Waals surface area contributed by atoms with E-state index in [1.165, 1.54) is 19.2 Å². The average molecular weight is 440 g/mol. The first-order valence-corrected chi connectivity index (χ1v) is 10.0. The molecule has 4 rings (SSSR count). The van der Waals surface area contributed by atoms with Gasteiger partial charge in [-0.25, -0.2) is 4.39 Å². The summed E-state index contributed by atoms with van der Waals surface area (Å²) in [6.45, 7) is -0.215. The summed E-state index contributed by atoms with van der Waals surface area (Å²) in [5, 5.41) is 11.1. The number of β-amino-alcohol motifs (C(OH)–C–C–N with tert-alkyl or cyclic N) is 1. The molecule has 0 bridgehead atoms. The third-order valence-corrected chi connectivity index (χ3v) is 5.56. The largest absolute Gasteiger partial charge is 0.496 e. The molecule has 1 unspecified atom stereocenters. The number of rotatable bonds is 6. The Morgan fingerprint density at radius 1 is 0.968 bits per heavy atom. The molecule has 7 heteroatoms. The van der Waals surface area contributed by atoms with Gasteiger partial charge in [-0.15, -0.1) is 0 Å². The van der Waals surface area contributed by atoms with Crippen LogP contribution < -0.4 is 4.74 Å². The Bertz CT molecular complexity index is 1140. The number of methoxy groups -OCH3 is 1. The highest BCUT2D eigenvalue weighted by Gasteiger charge is 2.36. The lowest BCUT2D eigenvalue weighted by Crippen LogP contribution is -2.37. The van der Waals surface area contributed by atoms with E-state index in [1.807, 2.05) is 0 Å². The van der Waals surface area contributed by atoms with Crippen LogP contribution in [-0.2, 0) is 6.42 Å². The zero-order valence-corrected chi connectivity index (χ0v) is 17.4. The van der Waals surface area contributed by atoms with Gasteiger partial charge in [0.2, 0.25) is 0 Å². The van der Waals surface area contributed by atoms with Gasteiger partial charge in [0.1, 0.15) is 11.6 Å². The Morgan fingerprint density at radius 3 is 2.13 bits per heavy atom. The minimum atomic E-state index is -1.11. The van der Waals surface area contributed by atoms with Gasteiger partial charge in [-0.05, 0) is 30.3 Å². The summed E-state index contributed by atoms with van der Waals surface area (Å²) < 4.78 is 19.9. The van der Waals surface area contributed by atoms with Gasteiger partial charge in [-0.3, -0.25) is 14.5 Å². The molecule has 158 valence electrons. The molecule has 0 spiro atoms. The van der Waals surface area contributed by atoms with Gasteiger partial charge < -0.3 is 9.84 Å². The highest BCUT2D eigenvalue weighted by molar-refractivity contribution is 6.33. The number of hydrogen-bond donors (Lipinski definition) is 1. The van der Waals surface area contributed by atoms with Crippen molar-refractivity contribution in [1.82, 2.24) is 4.90 Å². The van der Waals surface area contributed by atoms with Crippen LogP contribution in [0.2, 0.25) is 5.02 Å². The fourth-order valence-electron chi connectivity index (χ4n) is 3.86. The Balaban J connectivity index is 1.61. The molecule has 2 amide bonds. The van der Waals surface area contributed by atoms with Crippen molar-refractivity contribution >= 4 is 23.4 Å². The van der Waals surface area contributed by atoms with Gasteiger partial charge in [0.25, 0.3) is 11.8 Å². The summed E-state index contributed by atoms with van der Waals surface area (Å²) in [6, 6.07) is 16.1. The van der Waals surface area contributed by atoms with Crippen molar-refractivity contribution in [1.29, 1.82) is 0 Å². The Kier molecular flexibility index (Phi) is 5.76. The van der Waals surface area contributed by atoms with Crippen LogP contribution in [0.4, 0.5) is 4.39 Å². The van der Waals surface area contributed by atoms with Crippen molar-refractivity contribution in [2.75, 3.05) is 13.7 Å². The van der Waals surface area contributed by atoms with Crippen molar-refractivity contribution in [2.45, 2.75) is 12.5 Å². The molecule has 3 aromatic rings. The van der Waals surface area contributed by atoms with E-state index in [2.05, 4.69) is 0 Å².